The number of ether oxygens (including phenoxy) is 1. The first-order valence-corrected chi connectivity index (χ1v) is 11.9. The van der Waals surface area contributed by atoms with E-state index in [1.54, 1.807) is 19.2 Å². The fourth-order valence-electron chi connectivity index (χ4n) is 4.94. The standard InChI is InChI=1S/C26H27ClFN3O3/c1-30(26(33)34-22-12-10-21(28)11-13-22)24-16-31(15-23(24)18-6-8-20(27)9-7-18)25(32)19-4-2-17(14-29)3-5-19/h6-13,17,19,23-24H,2-5,15-16H2,1H3/t17-,19-,23-,24+/m0/s1. The topological polar surface area (TPSA) is 73.6 Å². The van der Waals surface area contributed by atoms with Gasteiger partial charge in [0.15, 0.2) is 0 Å². The van der Waals surface area contributed by atoms with Crippen molar-refractivity contribution in [1.82, 2.24) is 9.80 Å². The quantitative estimate of drug-likeness (QED) is 0.596. The third-order valence-electron chi connectivity index (χ3n) is 6.96. The maximum atomic E-state index is 13.3. The van der Waals surface area contributed by atoms with Crippen LogP contribution in [-0.4, -0.2) is 48.0 Å². The molecule has 34 heavy (non-hydrogen) atoms. The number of likely N-dealkylation sites (tertiary alicyclic amines) is 1. The molecule has 4 rings (SSSR count). The maximum absolute atomic E-state index is 13.3. The van der Waals surface area contributed by atoms with Gasteiger partial charge in [0.1, 0.15) is 11.6 Å². The van der Waals surface area contributed by atoms with Gasteiger partial charge in [0.2, 0.25) is 5.91 Å². The van der Waals surface area contributed by atoms with Gasteiger partial charge in [-0.3, -0.25) is 4.79 Å². The Kier molecular flexibility index (Phi) is 7.38. The van der Waals surface area contributed by atoms with Crippen LogP contribution in [0.3, 0.4) is 0 Å². The highest BCUT2D eigenvalue weighted by molar-refractivity contribution is 6.30. The predicted octanol–water partition coefficient (Wildman–Crippen LogP) is 5.23. The summed E-state index contributed by atoms with van der Waals surface area (Å²) in [6, 6.07) is 14.7. The molecule has 6 nitrogen and oxygen atoms in total. The van der Waals surface area contributed by atoms with Crippen molar-refractivity contribution in [2.75, 3.05) is 20.1 Å². The molecule has 1 saturated carbocycles. The van der Waals surface area contributed by atoms with Crippen LogP contribution in [0.2, 0.25) is 5.02 Å². The molecule has 178 valence electrons. The average Bonchev–Trinajstić information content (AvgIpc) is 3.30. The second kappa shape index (κ2) is 10.4. The molecule has 0 bridgehead atoms. The van der Waals surface area contributed by atoms with Gasteiger partial charge in [-0.2, -0.15) is 5.26 Å². The van der Waals surface area contributed by atoms with Crippen LogP contribution in [0.1, 0.15) is 37.2 Å². The highest BCUT2D eigenvalue weighted by atomic mass is 35.5. The van der Waals surface area contributed by atoms with E-state index >= 15 is 0 Å². The van der Waals surface area contributed by atoms with Crippen LogP contribution in [0.25, 0.3) is 0 Å². The van der Waals surface area contributed by atoms with Gasteiger partial charge < -0.3 is 14.5 Å². The van der Waals surface area contributed by atoms with Gasteiger partial charge in [-0.25, -0.2) is 9.18 Å². The summed E-state index contributed by atoms with van der Waals surface area (Å²) in [7, 11) is 1.66. The van der Waals surface area contributed by atoms with Gasteiger partial charge in [-0.15, -0.1) is 0 Å². The fraction of sp³-hybridized carbons (Fsp3) is 0.423. The Balaban J connectivity index is 1.51. The molecule has 0 spiro atoms. The van der Waals surface area contributed by atoms with Crippen LogP contribution in [-0.2, 0) is 4.79 Å². The summed E-state index contributed by atoms with van der Waals surface area (Å²) in [6.45, 7) is 0.872. The Morgan fingerprint density at radius 2 is 1.71 bits per heavy atom. The smallest absolute Gasteiger partial charge is 0.410 e. The average molecular weight is 484 g/mol. The molecular weight excluding hydrogens is 457 g/mol. The molecule has 0 unspecified atom stereocenters. The first kappa shape index (κ1) is 24.0. The molecule has 2 aromatic carbocycles. The summed E-state index contributed by atoms with van der Waals surface area (Å²) in [4.78, 5) is 29.6. The van der Waals surface area contributed by atoms with E-state index in [4.69, 9.17) is 21.6 Å². The van der Waals surface area contributed by atoms with Crippen molar-refractivity contribution in [3.63, 3.8) is 0 Å². The monoisotopic (exact) mass is 483 g/mol. The van der Waals surface area contributed by atoms with Gasteiger partial charge in [0.25, 0.3) is 0 Å². The predicted molar refractivity (Wildman–Crippen MR) is 126 cm³/mol. The van der Waals surface area contributed by atoms with Gasteiger partial charge in [0.05, 0.1) is 12.1 Å². The lowest BCUT2D eigenvalue weighted by molar-refractivity contribution is -0.135. The largest absolute Gasteiger partial charge is 0.415 e. The SMILES string of the molecule is CN(C(=O)Oc1ccc(F)cc1)[C@@H]1CN(C(=O)[C@H]2CC[C@H](C#N)CC2)C[C@H]1c1ccc(Cl)cc1. The van der Waals surface area contributed by atoms with Crippen LogP contribution >= 0.6 is 11.6 Å². The van der Waals surface area contributed by atoms with Crippen LogP contribution in [0.4, 0.5) is 9.18 Å². The molecule has 0 N–H and O–H groups in total. The van der Waals surface area contributed by atoms with Crippen molar-refractivity contribution in [2.45, 2.75) is 37.6 Å². The second-order valence-electron chi connectivity index (χ2n) is 9.08. The number of carbonyl (C=O) groups excluding carboxylic acids is 2. The van der Waals surface area contributed by atoms with Crippen molar-refractivity contribution >= 4 is 23.6 Å². The van der Waals surface area contributed by atoms with Crippen LogP contribution < -0.4 is 4.74 Å². The number of hydrogen-bond donors (Lipinski definition) is 0. The molecule has 1 heterocycles. The third-order valence-corrected chi connectivity index (χ3v) is 7.21. The first-order chi connectivity index (χ1) is 16.4. The van der Waals surface area contributed by atoms with Gasteiger partial charge >= 0.3 is 6.09 Å². The zero-order valence-corrected chi connectivity index (χ0v) is 19.7. The molecule has 2 atom stereocenters. The number of amides is 2. The Labute approximate surface area is 203 Å². The minimum atomic E-state index is -0.570. The van der Waals surface area contributed by atoms with Crippen molar-refractivity contribution in [1.29, 1.82) is 5.26 Å². The van der Waals surface area contributed by atoms with E-state index in [-0.39, 0.29) is 35.5 Å². The Hall–Kier alpha value is -3.11. The zero-order valence-electron chi connectivity index (χ0n) is 19.0. The molecule has 0 aromatic heterocycles. The molecule has 1 saturated heterocycles. The van der Waals surface area contributed by atoms with E-state index in [1.165, 1.54) is 29.2 Å². The second-order valence-corrected chi connectivity index (χ2v) is 9.52. The Morgan fingerprint density at radius 1 is 1.06 bits per heavy atom. The maximum Gasteiger partial charge on any atom is 0.415 e. The summed E-state index contributed by atoms with van der Waals surface area (Å²) in [5.74, 6) is -0.248. The fourth-order valence-corrected chi connectivity index (χ4v) is 5.06. The number of benzene rings is 2. The number of likely N-dealkylation sites (N-methyl/N-ethyl adjacent to an activating group) is 1. The molecule has 1 aliphatic carbocycles. The normalized spacial score (nSPS) is 24.4. The lowest BCUT2D eigenvalue weighted by atomic mass is 9.82. The Bertz CT molecular complexity index is 1060. The van der Waals surface area contributed by atoms with E-state index < -0.39 is 11.9 Å². The summed E-state index contributed by atoms with van der Waals surface area (Å²) >= 11 is 6.07. The van der Waals surface area contributed by atoms with E-state index in [1.807, 2.05) is 17.0 Å². The van der Waals surface area contributed by atoms with Crippen molar-refractivity contribution in [3.8, 4) is 11.8 Å². The lowest BCUT2D eigenvalue weighted by Crippen LogP contribution is -2.44. The number of halogens is 2. The number of carbonyl (C=O) groups is 2. The van der Waals surface area contributed by atoms with Crippen molar-refractivity contribution in [2.24, 2.45) is 11.8 Å². The molecular formula is C26H27ClFN3O3. The highest BCUT2D eigenvalue weighted by Gasteiger charge is 2.42. The number of hydrogen-bond acceptors (Lipinski definition) is 4. The van der Waals surface area contributed by atoms with Gasteiger partial charge in [-0.1, -0.05) is 23.7 Å². The third kappa shape index (κ3) is 5.34. The van der Waals surface area contributed by atoms with Crippen LogP contribution in [0, 0.1) is 29.0 Å². The number of rotatable bonds is 4. The minimum absolute atomic E-state index is 0.0320. The summed E-state index contributed by atoms with van der Waals surface area (Å²) in [5.41, 5.74) is 0.985. The van der Waals surface area contributed by atoms with E-state index in [2.05, 4.69) is 6.07 Å². The summed E-state index contributed by atoms with van der Waals surface area (Å²) in [5, 5.41) is 9.77. The van der Waals surface area contributed by atoms with Gasteiger partial charge in [0, 0.05) is 42.9 Å². The zero-order chi connectivity index (χ0) is 24.2. The molecule has 2 aromatic rings. The first-order valence-electron chi connectivity index (χ1n) is 11.5. The van der Waals surface area contributed by atoms with Gasteiger partial charge in [-0.05, 0) is 67.6 Å². The molecule has 1 aliphatic heterocycles. The lowest BCUT2D eigenvalue weighted by Gasteiger charge is -2.29. The van der Waals surface area contributed by atoms with Crippen LogP contribution in [0.15, 0.2) is 48.5 Å². The summed E-state index contributed by atoms with van der Waals surface area (Å²) < 4.78 is 18.6. The molecule has 0 radical (unpaired) electrons. The summed E-state index contributed by atoms with van der Waals surface area (Å²) in [6.07, 6.45) is 2.35. The molecule has 2 aliphatic rings. The van der Waals surface area contributed by atoms with E-state index in [9.17, 15) is 14.0 Å². The van der Waals surface area contributed by atoms with Crippen molar-refractivity contribution in [3.05, 3.63) is 64.9 Å². The van der Waals surface area contributed by atoms with E-state index in [0.29, 0.717) is 31.0 Å². The number of nitriles is 1. The number of nitrogens with zero attached hydrogens (tertiary/aromatic N) is 3. The molecule has 2 fully saturated rings. The highest BCUT2D eigenvalue weighted by Crippen LogP contribution is 2.35. The van der Waals surface area contributed by atoms with Crippen LogP contribution in [0.5, 0.6) is 5.75 Å². The van der Waals surface area contributed by atoms with E-state index in [0.717, 1.165) is 18.4 Å². The van der Waals surface area contributed by atoms with Crippen molar-refractivity contribution < 1.29 is 18.7 Å². The Morgan fingerprint density at radius 3 is 2.32 bits per heavy atom. The molecule has 2 amide bonds. The minimum Gasteiger partial charge on any atom is -0.410 e. The molecule has 8 heteroatoms.